The molecule has 0 bridgehead atoms. The fraction of sp³-hybridized carbons (Fsp3) is 0.467. The normalized spacial score (nSPS) is 12.6. The number of rotatable bonds is 6. The fourth-order valence-corrected chi connectivity index (χ4v) is 2.33. The molecule has 1 atom stereocenters. The molecule has 1 unspecified atom stereocenters. The highest BCUT2D eigenvalue weighted by Gasteiger charge is 2.14. The van der Waals surface area contributed by atoms with Crippen LogP contribution in [-0.4, -0.2) is 21.5 Å². The van der Waals surface area contributed by atoms with E-state index in [1.165, 1.54) is 5.56 Å². The Morgan fingerprint density at radius 3 is 2.80 bits per heavy atom. The summed E-state index contributed by atoms with van der Waals surface area (Å²) in [6.45, 7) is 5.18. The summed E-state index contributed by atoms with van der Waals surface area (Å²) >= 11 is 6.11. The van der Waals surface area contributed by atoms with Gasteiger partial charge in [-0.05, 0) is 37.1 Å². The first kappa shape index (κ1) is 15.0. The molecule has 0 aliphatic heterocycles. The quantitative estimate of drug-likeness (QED) is 0.890. The number of nitrogens with zero attached hydrogens (tertiary/aromatic N) is 3. The monoisotopic (exact) mass is 292 g/mol. The minimum absolute atomic E-state index is 0.239. The summed E-state index contributed by atoms with van der Waals surface area (Å²) in [5.74, 6) is 0. The van der Waals surface area contributed by atoms with E-state index in [4.69, 9.17) is 11.6 Å². The van der Waals surface area contributed by atoms with Crippen LogP contribution >= 0.6 is 11.6 Å². The van der Waals surface area contributed by atoms with Crippen LogP contribution in [0.2, 0.25) is 5.02 Å². The molecule has 0 amide bonds. The molecule has 0 saturated carbocycles. The zero-order valence-corrected chi connectivity index (χ0v) is 13.0. The van der Waals surface area contributed by atoms with Gasteiger partial charge >= 0.3 is 0 Å². The SMILES string of the molecule is CCCNC(Cc1cn(C)nn1)c1ccc(Cl)c(C)c1. The Bertz CT molecular complexity index is 565. The van der Waals surface area contributed by atoms with Crippen molar-refractivity contribution in [1.82, 2.24) is 20.3 Å². The molecule has 20 heavy (non-hydrogen) atoms. The van der Waals surface area contributed by atoms with Crippen molar-refractivity contribution in [3.05, 3.63) is 46.2 Å². The van der Waals surface area contributed by atoms with Gasteiger partial charge in [0.2, 0.25) is 0 Å². The Balaban J connectivity index is 2.19. The van der Waals surface area contributed by atoms with E-state index in [2.05, 4.69) is 34.7 Å². The highest BCUT2D eigenvalue weighted by Crippen LogP contribution is 2.23. The maximum absolute atomic E-state index is 6.11. The number of aromatic nitrogens is 3. The number of halogens is 1. The van der Waals surface area contributed by atoms with Crippen LogP contribution in [0.25, 0.3) is 0 Å². The standard InChI is InChI=1S/C15H21ClN4/c1-4-7-17-15(9-13-10-20(3)19-18-13)12-5-6-14(16)11(2)8-12/h5-6,8,10,15,17H,4,7,9H2,1-3H3. The topological polar surface area (TPSA) is 42.7 Å². The van der Waals surface area contributed by atoms with Crippen molar-refractivity contribution in [2.24, 2.45) is 7.05 Å². The van der Waals surface area contributed by atoms with E-state index < -0.39 is 0 Å². The molecule has 1 aromatic heterocycles. The maximum atomic E-state index is 6.11. The van der Waals surface area contributed by atoms with Crippen LogP contribution < -0.4 is 5.32 Å². The van der Waals surface area contributed by atoms with E-state index in [1.54, 1.807) is 4.68 Å². The summed E-state index contributed by atoms with van der Waals surface area (Å²) in [4.78, 5) is 0. The molecule has 2 aromatic rings. The molecule has 0 fully saturated rings. The van der Waals surface area contributed by atoms with Crippen molar-refractivity contribution in [3.8, 4) is 0 Å². The van der Waals surface area contributed by atoms with Crippen LogP contribution in [0.15, 0.2) is 24.4 Å². The van der Waals surface area contributed by atoms with E-state index in [0.29, 0.717) is 0 Å². The predicted molar refractivity (Wildman–Crippen MR) is 81.9 cm³/mol. The van der Waals surface area contributed by atoms with Gasteiger partial charge in [0.1, 0.15) is 0 Å². The average molecular weight is 293 g/mol. The van der Waals surface area contributed by atoms with Crippen LogP contribution in [0, 0.1) is 6.92 Å². The molecule has 0 spiro atoms. The molecular weight excluding hydrogens is 272 g/mol. The van der Waals surface area contributed by atoms with Gasteiger partial charge in [0.15, 0.2) is 0 Å². The van der Waals surface area contributed by atoms with Crippen LogP contribution in [0.4, 0.5) is 0 Å². The van der Waals surface area contributed by atoms with Gasteiger partial charge < -0.3 is 5.32 Å². The van der Waals surface area contributed by atoms with Crippen molar-refractivity contribution in [3.63, 3.8) is 0 Å². The first-order chi connectivity index (χ1) is 9.60. The summed E-state index contributed by atoms with van der Waals surface area (Å²) in [5, 5.41) is 12.5. The van der Waals surface area contributed by atoms with Gasteiger partial charge in [0.05, 0.1) is 5.69 Å². The van der Waals surface area contributed by atoms with E-state index in [0.717, 1.165) is 35.7 Å². The third-order valence-electron chi connectivity index (χ3n) is 3.29. The largest absolute Gasteiger partial charge is 0.310 e. The molecule has 4 nitrogen and oxygen atoms in total. The van der Waals surface area contributed by atoms with Crippen LogP contribution in [-0.2, 0) is 13.5 Å². The minimum atomic E-state index is 0.239. The van der Waals surface area contributed by atoms with Crippen molar-refractivity contribution in [2.75, 3.05) is 6.54 Å². The highest BCUT2D eigenvalue weighted by atomic mass is 35.5. The molecule has 0 radical (unpaired) electrons. The lowest BCUT2D eigenvalue weighted by molar-refractivity contribution is 0.524. The highest BCUT2D eigenvalue weighted by molar-refractivity contribution is 6.31. The second kappa shape index (κ2) is 6.86. The van der Waals surface area contributed by atoms with Crippen LogP contribution in [0.3, 0.4) is 0 Å². The Morgan fingerprint density at radius 1 is 1.40 bits per heavy atom. The van der Waals surface area contributed by atoms with Gasteiger partial charge in [-0.2, -0.15) is 0 Å². The molecule has 0 aliphatic rings. The van der Waals surface area contributed by atoms with Crippen molar-refractivity contribution in [2.45, 2.75) is 32.7 Å². The van der Waals surface area contributed by atoms with Gasteiger partial charge in [-0.3, -0.25) is 4.68 Å². The molecule has 0 saturated heterocycles. The number of benzene rings is 1. The Morgan fingerprint density at radius 2 is 2.20 bits per heavy atom. The second-order valence-electron chi connectivity index (χ2n) is 5.10. The summed E-state index contributed by atoms with van der Waals surface area (Å²) in [7, 11) is 1.89. The number of hydrogen-bond donors (Lipinski definition) is 1. The number of nitrogens with one attached hydrogen (secondary N) is 1. The van der Waals surface area contributed by atoms with Crippen molar-refractivity contribution >= 4 is 11.6 Å². The van der Waals surface area contributed by atoms with E-state index in [-0.39, 0.29) is 6.04 Å². The zero-order valence-electron chi connectivity index (χ0n) is 12.2. The lowest BCUT2D eigenvalue weighted by Crippen LogP contribution is -2.24. The molecule has 5 heteroatoms. The smallest absolute Gasteiger partial charge is 0.0845 e. The number of hydrogen-bond acceptors (Lipinski definition) is 3. The first-order valence-electron chi connectivity index (χ1n) is 6.94. The molecule has 108 valence electrons. The minimum Gasteiger partial charge on any atom is -0.310 e. The van der Waals surface area contributed by atoms with Gasteiger partial charge in [0.25, 0.3) is 0 Å². The van der Waals surface area contributed by atoms with Gasteiger partial charge in [-0.15, -0.1) is 5.10 Å². The van der Waals surface area contributed by atoms with Crippen LogP contribution in [0.1, 0.15) is 36.2 Å². The Labute approximate surface area is 125 Å². The fourth-order valence-electron chi connectivity index (χ4n) is 2.21. The van der Waals surface area contributed by atoms with Gasteiger partial charge in [-0.1, -0.05) is 35.9 Å². The summed E-state index contributed by atoms with van der Waals surface area (Å²) in [5.41, 5.74) is 3.34. The lowest BCUT2D eigenvalue weighted by Gasteiger charge is -2.18. The third kappa shape index (κ3) is 3.81. The summed E-state index contributed by atoms with van der Waals surface area (Å²) in [6.07, 6.45) is 3.89. The maximum Gasteiger partial charge on any atom is 0.0845 e. The third-order valence-corrected chi connectivity index (χ3v) is 3.71. The number of aryl methyl sites for hydroxylation is 2. The van der Waals surface area contributed by atoms with E-state index >= 15 is 0 Å². The van der Waals surface area contributed by atoms with Gasteiger partial charge in [0, 0.05) is 30.7 Å². The Kier molecular flexibility index (Phi) is 5.15. The lowest BCUT2D eigenvalue weighted by atomic mass is 10.00. The molecule has 2 rings (SSSR count). The summed E-state index contributed by atoms with van der Waals surface area (Å²) in [6, 6.07) is 6.43. The van der Waals surface area contributed by atoms with Crippen molar-refractivity contribution < 1.29 is 0 Å². The Hall–Kier alpha value is -1.39. The van der Waals surface area contributed by atoms with Crippen LogP contribution in [0.5, 0.6) is 0 Å². The molecule has 0 aliphatic carbocycles. The second-order valence-corrected chi connectivity index (χ2v) is 5.51. The first-order valence-corrected chi connectivity index (χ1v) is 7.32. The molecule has 1 aromatic carbocycles. The molecule has 1 heterocycles. The summed E-state index contributed by atoms with van der Waals surface area (Å²) < 4.78 is 1.74. The van der Waals surface area contributed by atoms with Crippen molar-refractivity contribution in [1.29, 1.82) is 0 Å². The molecule has 1 N–H and O–H groups in total. The predicted octanol–water partition coefficient (Wildman–Crippen LogP) is 3.06. The molecular formula is C15H21ClN4. The average Bonchev–Trinajstić information content (AvgIpc) is 2.83. The van der Waals surface area contributed by atoms with E-state index in [9.17, 15) is 0 Å². The zero-order chi connectivity index (χ0) is 14.5. The van der Waals surface area contributed by atoms with E-state index in [1.807, 2.05) is 26.2 Å². The van der Waals surface area contributed by atoms with Gasteiger partial charge in [-0.25, -0.2) is 0 Å².